The van der Waals surface area contributed by atoms with E-state index in [1.165, 1.54) is 10.5 Å². The van der Waals surface area contributed by atoms with Crippen molar-refractivity contribution in [2.24, 2.45) is 0 Å². The fourth-order valence-corrected chi connectivity index (χ4v) is 3.26. The molecule has 1 N–H and O–H groups in total. The van der Waals surface area contributed by atoms with Gasteiger partial charge >= 0.3 is 0 Å². The molecule has 0 radical (unpaired) electrons. The van der Waals surface area contributed by atoms with Gasteiger partial charge in [0, 0.05) is 23.4 Å². The Morgan fingerprint density at radius 1 is 1.47 bits per heavy atom. The SMILES string of the molecule is CCn1cc(NC2CSc3ccccc32)cn1. The standard InChI is InChI=1S/C13H15N3S/c1-2-16-8-10(7-14-16)15-12-9-17-13-6-4-3-5-11(12)13/h3-8,12,15H,2,9H2,1H3. The smallest absolute Gasteiger partial charge is 0.0731 e. The topological polar surface area (TPSA) is 29.9 Å². The first-order chi connectivity index (χ1) is 8.36. The molecule has 0 saturated heterocycles. The Balaban J connectivity index is 1.79. The molecule has 3 rings (SSSR count). The molecule has 0 amide bonds. The molecule has 1 atom stereocenters. The molecule has 1 aliphatic rings. The van der Waals surface area contributed by atoms with Gasteiger partial charge in [-0.25, -0.2) is 0 Å². The fourth-order valence-electron chi connectivity index (χ4n) is 2.09. The van der Waals surface area contributed by atoms with E-state index in [9.17, 15) is 0 Å². The van der Waals surface area contributed by atoms with Crippen LogP contribution in [0.4, 0.5) is 5.69 Å². The second-order valence-corrected chi connectivity index (χ2v) is 5.19. The molecule has 17 heavy (non-hydrogen) atoms. The summed E-state index contributed by atoms with van der Waals surface area (Å²) in [6, 6.07) is 9.01. The van der Waals surface area contributed by atoms with Gasteiger partial charge in [0.25, 0.3) is 0 Å². The molecule has 2 aromatic rings. The Morgan fingerprint density at radius 2 is 2.35 bits per heavy atom. The summed E-state index contributed by atoms with van der Waals surface area (Å²) in [6.45, 7) is 3.01. The minimum absolute atomic E-state index is 0.408. The molecule has 0 saturated carbocycles. The minimum atomic E-state index is 0.408. The van der Waals surface area contributed by atoms with Gasteiger partial charge in [0.1, 0.15) is 0 Å². The molecule has 2 heterocycles. The molecule has 1 aromatic heterocycles. The molecule has 0 aliphatic carbocycles. The summed E-state index contributed by atoms with van der Waals surface area (Å²) in [5.41, 5.74) is 2.51. The van der Waals surface area contributed by atoms with Gasteiger partial charge in [-0.3, -0.25) is 4.68 Å². The molecular weight excluding hydrogens is 230 g/mol. The van der Waals surface area contributed by atoms with Gasteiger partial charge in [-0.05, 0) is 18.6 Å². The average molecular weight is 245 g/mol. The van der Waals surface area contributed by atoms with Crippen molar-refractivity contribution < 1.29 is 0 Å². The third-order valence-electron chi connectivity index (χ3n) is 3.00. The molecule has 4 heteroatoms. The summed E-state index contributed by atoms with van der Waals surface area (Å²) in [7, 11) is 0. The normalized spacial score (nSPS) is 18.1. The number of nitrogens with zero attached hydrogens (tertiary/aromatic N) is 2. The highest BCUT2D eigenvalue weighted by Gasteiger charge is 2.22. The summed E-state index contributed by atoms with van der Waals surface area (Å²) < 4.78 is 1.94. The van der Waals surface area contributed by atoms with Gasteiger partial charge in [0.05, 0.1) is 17.9 Å². The molecule has 88 valence electrons. The number of benzene rings is 1. The third-order valence-corrected chi connectivity index (χ3v) is 4.18. The van der Waals surface area contributed by atoms with E-state index in [0.29, 0.717) is 6.04 Å². The zero-order chi connectivity index (χ0) is 11.7. The van der Waals surface area contributed by atoms with Gasteiger partial charge in [-0.1, -0.05) is 18.2 Å². The van der Waals surface area contributed by atoms with E-state index in [-0.39, 0.29) is 0 Å². The zero-order valence-corrected chi connectivity index (χ0v) is 10.6. The number of thioether (sulfide) groups is 1. The summed E-state index contributed by atoms with van der Waals surface area (Å²) in [5, 5.41) is 7.83. The molecule has 0 spiro atoms. The third kappa shape index (κ3) is 2.05. The number of aromatic nitrogens is 2. The second kappa shape index (κ2) is 4.45. The van der Waals surface area contributed by atoms with Gasteiger partial charge < -0.3 is 5.32 Å². The van der Waals surface area contributed by atoms with E-state index in [1.807, 2.05) is 22.6 Å². The van der Waals surface area contributed by atoms with Crippen molar-refractivity contribution in [1.29, 1.82) is 0 Å². The molecule has 1 aliphatic heterocycles. The molecule has 1 aromatic carbocycles. The van der Waals surface area contributed by atoms with Gasteiger partial charge in [-0.15, -0.1) is 11.8 Å². The number of nitrogens with one attached hydrogen (secondary N) is 1. The predicted octanol–water partition coefficient (Wildman–Crippen LogP) is 3.16. The fraction of sp³-hybridized carbons (Fsp3) is 0.308. The number of anilines is 1. The van der Waals surface area contributed by atoms with Crippen LogP contribution in [0, 0.1) is 0 Å². The Hall–Kier alpha value is -1.42. The van der Waals surface area contributed by atoms with Crippen LogP contribution in [-0.4, -0.2) is 15.5 Å². The molecule has 0 bridgehead atoms. The number of hydrogen-bond donors (Lipinski definition) is 1. The Bertz CT molecular complexity index is 521. The largest absolute Gasteiger partial charge is 0.375 e. The van der Waals surface area contributed by atoms with Crippen molar-refractivity contribution in [1.82, 2.24) is 9.78 Å². The van der Waals surface area contributed by atoms with E-state index < -0.39 is 0 Å². The van der Waals surface area contributed by atoms with Gasteiger partial charge in [0.2, 0.25) is 0 Å². The Kier molecular flexibility index (Phi) is 2.81. The van der Waals surface area contributed by atoms with Crippen LogP contribution in [0.5, 0.6) is 0 Å². The summed E-state index contributed by atoms with van der Waals surface area (Å²) in [4.78, 5) is 1.40. The van der Waals surface area contributed by atoms with Crippen molar-refractivity contribution >= 4 is 17.4 Å². The van der Waals surface area contributed by atoms with Crippen LogP contribution >= 0.6 is 11.8 Å². The highest BCUT2D eigenvalue weighted by atomic mass is 32.2. The first-order valence-electron chi connectivity index (χ1n) is 5.87. The highest BCUT2D eigenvalue weighted by molar-refractivity contribution is 7.99. The van der Waals surface area contributed by atoms with Crippen molar-refractivity contribution in [3.05, 3.63) is 42.2 Å². The quantitative estimate of drug-likeness (QED) is 0.900. The van der Waals surface area contributed by atoms with E-state index >= 15 is 0 Å². The summed E-state index contributed by atoms with van der Waals surface area (Å²) in [6.07, 6.45) is 3.96. The van der Waals surface area contributed by atoms with E-state index in [0.717, 1.165) is 18.0 Å². The number of hydrogen-bond acceptors (Lipinski definition) is 3. The van der Waals surface area contributed by atoms with E-state index in [2.05, 4.69) is 47.8 Å². The van der Waals surface area contributed by atoms with Crippen LogP contribution in [-0.2, 0) is 6.54 Å². The number of aryl methyl sites for hydroxylation is 1. The van der Waals surface area contributed by atoms with Crippen molar-refractivity contribution in [3.8, 4) is 0 Å². The average Bonchev–Trinajstić information content (AvgIpc) is 2.97. The first-order valence-corrected chi connectivity index (χ1v) is 6.86. The van der Waals surface area contributed by atoms with Crippen LogP contribution in [0.2, 0.25) is 0 Å². The first kappa shape index (κ1) is 10.7. The maximum atomic E-state index is 4.28. The summed E-state index contributed by atoms with van der Waals surface area (Å²) >= 11 is 1.92. The minimum Gasteiger partial charge on any atom is -0.375 e. The van der Waals surface area contributed by atoms with Crippen molar-refractivity contribution in [3.63, 3.8) is 0 Å². The molecular formula is C13H15N3S. The van der Waals surface area contributed by atoms with Crippen LogP contribution in [0.25, 0.3) is 0 Å². The lowest BCUT2D eigenvalue weighted by molar-refractivity contribution is 0.660. The second-order valence-electron chi connectivity index (χ2n) is 4.13. The predicted molar refractivity (Wildman–Crippen MR) is 71.4 cm³/mol. The van der Waals surface area contributed by atoms with Crippen LogP contribution in [0.15, 0.2) is 41.6 Å². The molecule has 3 nitrogen and oxygen atoms in total. The zero-order valence-electron chi connectivity index (χ0n) is 9.76. The Morgan fingerprint density at radius 3 is 3.18 bits per heavy atom. The lowest BCUT2D eigenvalue weighted by Gasteiger charge is -2.12. The summed E-state index contributed by atoms with van der Waals surface area (Å²) in [5.74, 6) is 1.09. The lowest BCUT2D eigenvalue weighted by Crippen LogP contribution is -2.09. The van der Waals surface area contributed by atoms with Crippen LogP contribution in [0.3, 0.4) is 0 Å². The maximum absolute atomic E-state index is 4.28. The van der Waals surface area contributed by atoms with Gasteiger partial charge in [0.15, 0.2) is 0 Å². The van der Waals surface area contributed by atoms with E-state index in [1.54, 1.807) is 0 Å². The van der Waals surface area contributed by atoms with Crippen molar-refractivity contribution in [2.45, 2.75) is 24.4 Å². The van der Waals surface area contributed by atoms with Crippen LogP contribution < -0.4 is 5.32 Å². The number of fused-ring (bicyclic) bond motifs is 1. The van der Waals surface area contributed by atoms with Gasteiger partial charge in [-0.2, -0.15) is 5.10 Å². The number of rotatable bonds is 3. The highest BCUT2D eigenvalue weighted by Crippen LogP contribution is 2.39. The Labute approximate surface area is 105 Å². The molecule has 0 fully saturated rings. The monoisotopic (exact) mass is 245 g/mol. The lowest BCUT2D eigenvalue weighted by atomic mass is 10.1. The van der Waals surface area contributed by atoms with E-state index in [4.69, 9.17) is 0 Å². The van der Waals surface area contributed by atoms with Crippen LogP contribution in [0.1, 0.15) is 18.5 Å². The maximum Gasteiger partial charge on any atom is 0.0731 e. The molecule has 1 unspecified atom stereocenters. The van der Waals surface area contributed by atoms with Crippen molar-refractivity contribution in [2.75, 3.05) is 11.1 Å².